The summed E-state index contributed by atoms with van der Waals surface area (Å²) in [6.45, 7) is 0. The zero-order valence-corrected chi connectivity index (χ0v) is 13.3. The summed E-state index contributed by atoms with van der Waals surface area (Å²) in [7, 11) is 1.61. The highest BCUT2D eigenvalue weighted by molar-refractivity contribution is 9.10. The Balaban J connectivity index is 1.91. The van der Waals surface area contributed by atoms with Gasteiger partial charge in [0.1, 0.15) is 5.75 Å². The number of rotatable bonds is 4. The lowest BCUT2D eigenvalue weighted by Gasteiger charge is -2.01. The maximum atomic E-state index is 12.0. The molecule has 0 saturated carbocycles. The zero-order valence-electron chi connectivity index (χ0n) is 11.7. The number of hydrogen-bond donors (Lipinski definition) is 0. The number of Topliss-reactive ketones (excluding diaryl/α,β-unsaturated/α-hetero) is 1. The summed E-state index contributed by atoms with van der Waals surface area (Å²) in [6.07, 6.45) is 0.968. The Kier molecular flexibility index (Phi) is 5.59. The van der Waals surface area contributed by atoms with Gasteiger partial charge in [0.2, 0.25) is 0 Å². The molecule has 0 saturated heterocycles. The molecule has 2 rings (SSSR count). The molecule has 0 radical (unpaired) electrons. The van der Waals surface area contributed by atoms with E-state index in [-0.39, 0.29) is 5.78 Å². The smallest absolute Gasteiger partial charge is 0.163 e. The van der Waals surface area contributed by atoms with E-state index in [1.54, 1.807) is 31.4 Å². The average molecular weight is 343 g/mol. The summed E-state index contributed by atoms with van der Waals surface area (Å²) in [5.74, 6) is 6.96. The molecule has 0 spiro atoms. The molecule has 2 aromatic carbocycles. The fourth-order valence-corrected chi connectivity index (χ4v) is 2.20. The number of carbonyl (C=O) groups excluding carboxylic acids is 1. The molecule has 2 aromatic rings. The lowest BCUT2D eigenvalue weighted by Crippen LogP contribution is -1.98. The highest BCUT2D eigenvalue weighted by atomic mass is 79.9. The van der Waals surface area contributed by atoms with Crippen molar-refractivity contribution in [2.75, 3.05) is 7.11 Å². The van der Waals surface area contributed by atoms with Crippen molar-refractivity contribution in [1.29, 1.82) is 0 Å². The van der Waals surface area contributed by atoms with E-state index < -0.39 is 0 Å². The number of carbonyl (C=O) groups is 1. The van der Waals surface area contributed by atoms with E-state index in [4.69, 9.17) is 4.74 Å². The van der Waals surface area contributed by atoms with Gasteiger partial charge in [-0.25, -0.2) is 0 Å². The van der Waals surface area contributed by atoms with Crippen LogP contribution in [0.25, 0.3) is 0 Å². The highest BCUT2D eigenvalue weighted by Crippen LogP contribution is 2.15. The standard InChI is InChI=1S/C18H15BrO2/c1-21-16-12-10-15(11-13-16)18(20)9-5-3-7-14-6-2-4-8-17(14)19/h2,4,6,8,10-13H,5,9H2,1H3. The summed E-state index contributed by atoms with van der Waals surface area (Å²) < 4.78 is 6.04. The number of methoxy groups -OCH3 is 1. The van der Waals surface area contributed by atoms with Crippen LogP contribution in [0, 0.1) is 11.8 Å². The first-order valence-corrected chi connectivity index (χ1v) is 7.40. The van der Waals surface area contributed by atoms with Crippen LogP contribution in [0.2, 0.25) is 0 Å². The van der Waals surface area contributed by atoms with Gasteiger partial charge in [0.25, 0.3) is 0 Å². The van der Waals surface area contributed by atoms with Gasteiger partial charge in [-0.15, -0.1) is 0 Å². The Morgan fingerprint density at radius 2 is 1.86 bits per heavy atom. The maximum Gasteiger partial charge on any atom is 0.163 e. The van der Waals surface area contributed by atoms with Crippen LogP contribution in [0.15, 0.2) is 53.0 Å². The lowest BCUT2D eigenvalue weighted by atomic mass is 10.1. The van der Waals surface area contributed by atoms with Crippen LogP contribution in [0.5, 0.6) is 5.75 Å². The molecule has 0 aliphatic rings. The van der Waals surface area contributed by atoms with Gasteiger partial charge in [0, 0.05) is 28.4 Å². The third-order valence-electron chi connectivity index (χ3n) is 2.99. The van der Waals surface area contributed by atoms with Crippen LogP contribution >= 0.6 is 15.9 Å². The minimum Gasteiger partial charge on any atom is -0.497 e. The van der Waals surface area contributed by atoms with Crippen molar-refractivity contribution >= 4 is 21.7 Å². The first-order valence-electron chi connectivity index (χ1n) is 6.61. The summed E-state index contributed by atoms with van der Waals surface area (Å²) in [6, 6.07) is 14.9. The van der Waals surface area contributed by atoms with E-state index in [2.05, 4.69) is 27.8 Å². The fraction of sp³-hybridized carbons (Fsp3) is 0.167. The van der Waals surface area contributed by atoms with Gasteiger partial charge < -0.3 is 4.74 Å². The topological polar surface area (TPSA) is 26.3 Å². The molecule has 0 amide bonds. The average Bonchev–Trinajstić information content (AvgIpc) is 2.53. The van der Waals surface area contributed by atoms with Crippen LogP contribution in [-0.4, -0.2) is 12.9 Å². The molecule has 21 heavy (non-hydrogen) atoms. The quantitative estimate of drug-likeness (QED) is 0.605. The summed E-state index contributed by atoms with van der Waals surface area (Å²) >= 11 is 3.45. The molecule has 0 bridgehead atoms. The summed E-state index contributed by atoms with van der Waals surface area (Å²) in [4.78, 5) is 12.0. The van der Waals surface area contributed by atoms with E-state index in [0.717, 1.165) is 15.8 Å². The predicted octanol–water partition coefficient (Wildman–Crippen LogP) is 4.47. The normalized spacial score (nSPS) is 9.62. The van der Waals surface area contributed by atoms with E-state index >= 15 is 0 Å². The number of ether oxygens (including phenoxy) is 1. The van der Waals surface area contributed by atoms with Crippen LogP contribution in [0.3, 0.4) is 0 Å². The van der Waals surface area contributed by atoms with Crippen molar-refractivity contribution in [3.05, 3.63) is 64.1 Å². The molecule has 0 unspecified atom stereocenters. The van der Waals surface area contributed by atoms with Crippen LogP contribution in [0.1, 0.15) is 28.8 Å². The predicted molar refractivity (Wildman–Crippen MR) is 87.6 cm³/mol. The molecule has 0 aliphatic carbocycles. The largest absolute Gasteiger partial charge is 0.497 e. The Labute approximate surface area is 133 Å². The van der Waals surface area contributed by atoms with Crippen molar-refractivity contribution in [2.45, 2.75) is 12.8 Å². The second kappa shape index (κ2) is 7.66. The van der Waals surface area contributed by atoms with Gasteiger partial charge in [0.15, 0.2) is 5.78 Å². The second-order valence-electron chi connectivity index (χ2n) is 4.43. The van der Waals surface area contributed by atoms with Crippen LogP contribution in [-0.2, 0) is 0 Å². The van der Waals surface area contributed by atoms with Crippen molar-refractivity contribution in [3.8, 4) is 17.6 Å². The molecule has 0 N–H and O–H groups in total. The molecule has 0 fully saturated rings. The van der Waals surface area contributed by atoms with Crippen molar-refractivity contribution in [1.82, 2.24) is 0 Å². The van der Waals surface area contributed by atoms with Gasteiger partial charge in [-0.3, -0.25) is 4.79 Å². The Morgan fingerprint density at radius 1 is 1.14 bits per heavy atom. The minimum atomic E-state index is 0.0964. The van der Waals surface area contributed by atoms with E-state index in [1.165, 1.54) is 0 Å². The molecule has 0 atom stereocenters. The number of benzene rings is 2. The lowest BCUT2D eigenvalue weighted by molar-refractivity contribution is 0.0984. The first kappa shape index (κ1) is 15.3. The number of halogens is 1. The molecule has 2 nitrogen and oxygen atoms in total. The molecule has 3 heteroatoms. The third-order valence-corrected chi connectivity index (χ3v) is 3.68. The second-order valence-corrected chi connectivity index (χ2v) is 5.29. The zero-order chi connectivity index (χ0) is 15.1. The van der Waals surface area contributed by atoms with E-state index in [9.17, 15) is 4.79 Å². The SMILES string of the molecule is COc1ccc(C(=O)CCC#Cc2ccccc2Br)cc1. The molecule has 0 aliphatic heterocycles. The van der Waals surface area contributed by atoms with Gasteiger partial charge >= 0.3 is 0 Å². The van der Waals surface area contributed by atoms with Gasteiger partial charge in [-0.2, -0.15) is 0 Å². The molecular formula is C18H15BrO2. The first-order chi connectivity index (χ1) is 10.2. The maximum absolute atomic E-state index is 12.0. The van der Waals surface area contributed by atoms with Crippen LogP contribution in [0.4, 0.5) is 0 Å². The van der Waals surface area contributed by atoms with Gasteiger partial charge in [0.05, 0.1) is 7.11 Å². The number of hydrogen-bond acceptors (Lipinski definition) is 2. The van der Waals surface area contributed by atoms with Crippen LogP contribution < -0.4 is 4.74 Å². The van der Waals surface area contributed by atoms with Crippen molar-refractivity contribution in [3.63, 3.8) is 0 Å². The Morgan fingerprint density at radius 3 is 2.52 bits per heavy atom. The monoisotopic (exact) mass is 342 g/mol. The van der Waals surface area contributed by atoms with Crippen molar-refractivity contribution in [2.24, 2.45) is 0 Å². The fourth-order valence-electron chi connectivity index (χ4n) is 1.82. The van der Waals surface area contributed by atoms with Gasteiger partial charge in [-0.1, -0.05) is 24.0 Å². The Bertz CT molecular complexity index is 678. The minimum absolute atomic E-state index is 0.0964. The number of ketones is 1. The highest BCUT2D eigenvalue weighted by Gasteiger charge is 2.04. The molecule has 0 heterocycles. The van der Waals surface area contributed by atoms with E-state index in [0.29, 0.717) is 18.4 Å². The van der Waals surface area contributed by atoms with Gasteiger partial charge in [-0.05, 0) is 52.3 Å². The summed E-state index contributed by atoms with van der Waals surface area (Å²) in [5.41, 5.74) is 1.63. The molecule has 0 aromatic heterocycles. The van der Waals surface area contributed by atoms with Crippen molar-refractivity contribution < 1.29 is 9.53 Å². The third kappa shape index (κ3) is 4.47. The Hall–Kier alpha value is -2.05. The molecule has 106 valence electrons. The molecular weight excluding hydrogens is 328 g/mol. The van der Waals surface area contributed by atoms with E-state index in [1.807, 2.05) is 24.3 Å². The summed E-state index contributed by atoms with van der Waals surface area (Å²) in [5, 5.41) is 0.